The summed E-state index contributed by atoms with van der Waals surface area (Å²) in [5.74, 6) is -0.450. The summed E-state index contributed by atoms with van der Waals surface area (Å²) in [5.41, 5.74) is 4.12. The summed E-state index contributed by atoms with van der Waals surface area (Å²) in [6.45, 7) is 0. The second-order valence-corrected chi connectivity index (χ2v) is 7.46. The minimum Gasteiger partial charge on any atom is -0.550 e. The van der Waals surface area contributed by atoms with Gasteiger partial charge in [0, 0.05) is 34.7 Å². The topological polar surface area (TPSA) is 89.7 Å². The zero-order valence-electron chi connectivity index (χ0n) is 16.5. The van der Waals surface area contributed by atoms with Crippen LogP contribution < -0.4 is 56.5 Å². The molecule has 0 spiro atoms. The number of hydrogen-bond donors (Lipinski definition) is 0. The van der Waals surface area contributed by atoms with E-state index in [4.69, 9.17) is 4.98 Å². The van der Waals surface area contributed by atoms with E-state index in [2.05, 4.69) is 17.1 Å². The van der Waals surface area contributed by atoms with Gasteiger partial charge in [0.05, 0.1) is 22.8 Å². The molecular weight excluding hydrogens is 389 g/mol. The molecule has 0 saturated heterocycles. The average molecular weight is 410 g/mol. The Morgan fingerprint density at radius 3 is 2.66 bits per heavy atom. The molecule has 0 bridgehead atoms. The molecule has 1 aliphatic carbocycles. The SMILES string of the molecule is N#Cc1cccc(-c2nc(C3CCC(CC(=O)[O-])CC3)cc3cccnc23)c1.[K+]. The molecule has 2 aromatic heterocycles. The second kappa shape index (κ2) is 9.92. The molecule has 6 heteroatoms. The molecule has 29 heavy (non-hydrogen) atoms. The van der Waals surface area contributed by atoms with Gasteiger partial charge in [-0.1, -0.05) is 18.2 Å². The minimum absolute atomic E-state index is 0. The molecular formula is C23H20KN3O2. The normalized spacial score (nSPS) is 18.6. The van der Waals surface area contributed by atoms with Gasteiger partial charge in [0.25, 0.3) is 0 Å². The average Bonchev–Trinajstić information content (AvgIpc) is 2.73. The summed E-state index contributed by atoms with van der Waals surface area (Å²) < 4.78 is 0. The van der Waals surface area contributed by atoms with Crippen molar-refractivity contribution < 1.29 is 61.3 Å². The van der Waals surface area contributed by atoms with E-state index in [0.717, 1.165) is 53.5 Å². The first-order valence-corrected chi connectivity index (χ1v) is 9.60. The summed E-state index contributed by atoms with van der Waals surface area (Å²) in [7, 11) is 0. The van der Waals surface area contributed by atoms with Crippen LogP contribution in [0.25, 0.3) is 22.2 Å². The maximum atomic E-state index is 10.9. The van der Waals surface area contributed by atoms with Gasteiger partial charge in [0.1, 0.15) is 0 Å². The van der Waals surface area contributed by atoms with E-state index in [0.29, 0.717) is 11.5 Å². The fourth-order valence-electron chi connectivity index (χ4n) is 4.15. The van der Waals surface area contributed by atoms with E-state index in [1.54, 1.807) is 12.3 Å². The van der Waals surface area contributed by atoms with Crippen LogP contribution in [0.4, 0.5) is 0 Å². The maximum Gasteiger partial charge on any atom is 1.00 e. The smallest absolute Gasteiger partial charge is 0.550 e. The van der Waals surface area contributed by atoms with Gasteiger partial charge in [0.15, 0.2) is 0 Å². The first kappa shape index (κ1) is 22.1. The molecule has 0 atom stereocenters. The first-order chi connectivity index (χ1) is 13.6. The largest absolute Gasteiger partial charge is 1.00 e. The number of fused-ring (bicyclic) bond motifs is 1. The molecule has 0 aliphatic heterocycles. The molecule has 3 aromatic rings. The third-order valence-electron chi connectivity index (χ3n) is 5.59. The number of aliphatic carboxylic acids is 1. The summed E-state index contributed by atoms with van der Waals surface area (Å²) in [4.78, 5) is 20.3. The molecule has 0 amide bonds. The number of carbonyl (C=O) groups is 1. The summed E-state index contributed by atoms with van der Waals surface area (Å²) in [6.07, 6.45) is 5.51. The van der Waals surface area contributed by atoms with Crippen LogP contribution in [0, 0.1) is 17.2 Å². The number of carboxylic acids is 1. The quantitative estimate of drug-likeness (QED) is 0.588. The molecule has 1 fully saturated rings. The molecule has 4 rings (SSSR count). The number of nitriles is 1. The monoisotopic (exact) mass is 409 g/mol. The van der Waals surface area contributed by atoms with Crippen molar-refractivity contribution in [2.24, 2.45) is 5.92 Å². The zero-order valence-corrected chi connectivity index (χ0v) is 19.6. The van der Waals surface area contributed by atoms with Gasteiger partial charge >= 0.3 is 51.4 Å². The van der Waals surface area contributed by atoms with Crippen LogP contribution in [0.5, 0.6) is 0 Å². The Morgan fingerprint density at radius 2 is 1.93 bits per heavy atom. The Bertz CT molecular complexity index is 1070. The third kappa shape index (κ3) is 5.11. The second-order valence-electron chi connectivity index (χ2n) is 7.46. The fourth-order valence-corrected chi connectivity index (χ4v) is 4.15. The number of hydrogen-bond acceptors (Lipinski definition) is 5. The number of pyridine rings is 2. The van der Waals surface area contributed by atoms with Crippen LogP contribution in [0.2, 0.25) is 0 Å². The number of benzene rings is 1. The molecule has 1 aromatic carbocycles. The first-order valence-electron chi connectivity index (χ1n) is 9.60. The van der Waals surface area contributed by atoms with Crippen molar-refractivity contribution in [1.29, 1.82) is 5.26 Å². The van der Waals surface area contributed by atoms with E-state index in [1.165, 1.54) is 0 Å². The van der Waals surface area contributed by atoms with Crippen LogP contribution in [-0.4, -0.2) is 15.9 Å². The van der Waals surface area contributed by atoms with Crippen molar-refractivity contribution >= 4 is 16.9 Å². The van der Waals surface area contributed by atoms with Crippen LogP contribution in [0.1, 0.15) is 49.3 Å². The van der Waals surface area contributed by atoms with E-state index < -0.39 is 5.97 Å². The summed E-state index contributed by atoms with van der Waals surface area (Å²) in [5, 5.41) is 21.1. The molecule has 0 N–H and O–H groups in total. The van der Waals surface area contributed by atoms with Crippen molar-refractivity contribution in [2.75, 3.05) is 0 Å². The maximum absolute atomic E-state index is 10.9. The molecule has 5 nitrogen and oxygen atoms in total. The Balaban J connectivity index is 0.00000240. The molecule has 1 aliphatic rings. The van der Waals surface area contributed by atoms with E-state index in [1.807, 2.05) is 30.3 Å². The predicted molar refractivity (Wildman–Crippen MR) is 104 cm³/mol. The molecule has 1 saturated carbocycles. The Labute approximate surface area is 212 Å². The number of nitrogens with zero attached hydrogens (tertiary/aromatic N) is 3. The van der Waals surface area contributed by atoms with Crippen LogP contribution in [0.3, 0.4) is 0 Å². The van der Waals surface area contributed by atoms with Crippen molar-refractivity contribution in [1.82, 2.24) is 9.97 Å². The number of carboxylic acid groups (broad SMARTS) is 1. The van der Waals surface area contributed by atoms with Crippen molar-refractivity contribution in [3.05, 3.63) is 59.9 Å². The van der Waals surface area contributed by atoms with Gasteiger partial charge < -0.3 is 9.90 Å². The van der Waals surface area contributed by atoms with Crippen molar-refractivity contribution in [3.63, 3.8) is 0 Å². The van der Waals surface area contributed by atoms with E-state index >= 15 is 0 Å². The van der Waals surface area contributed by atoms with Gasteiger partial charge in [-0.25, -0.2) is 0 Å². The zero-order chi connectivity index (χ0) is 19.5. The van der Waals surface area contributed by atoms with Gasteiger partial charge in [-0.05, 0) is 62.3 Å². The Morgan fingerprint density at radius 1 is 1.14 bits per heavy atom. The number of rotatable bonds is 4. The number of carbonyl (C=O) groups excluding carboxylic acids is 1. The van der Waals surface area contributed by atoms with Crippen molar-refractivity contribution in [3.8, 4) is 17.3 Å². The van der Waals surface area contributed by atoms with Crippen molar-refractivity contribution in [2.45, 2.75) is 38.0 Å². The van der Waals surface area contributed by atoms with Gasteiger partial charge in [-0.2, -0.15) is 5.26 Å². The third-order valence-corrected chi connectivity index (χ3v) is 5.59. The predicted octanol–water partition coefficient (Wildman–Crippen LogP) is 0.586. The molecule has 0 radical (unpaired) electrons. The Hall–Kier alpha value is -1.62. The van der Waals surface area contributed by atoms with Gasteiger partial charge in [-0.3, -0.25) is 9.97 Å². The standard InChI is InChI=1S/C23H21N3O2.K/c24-14-16-3-1-4-18(11-16)23-22-19(5-2-10-25-22)13-20(26-23)17-8-6-15(7-9-17)12-21(27)28;/h1-5,10-11,13,15,17H,6-9,12H2,(H,27,28);/q;+1/p-1. The minimum atomic E-state index is -0.960. The fraction of sp³-hybridized carbons (Fsp3) is 0.304. The number of aromatic nitrogens is 2. The summed E-state index contributed by atoms with van der Waals surface area (Å²) in [6, 6.07) is 15.7. The molecule has 0 unspecified atom stereocenters. The Kier molecular flexibility index (Phi) is 7.55. The van der Waals surface area contributed by atoms with Crippen LogP contribution >= 0.6 is 0 Å². The van der Waals surface area contributed by atoms with Gasteiger partial charge in [-0.15, -0.1) is 0 Å². The van der Waals surface area contributed by atoms with Gasteiger partial charge in [0.2, 0.25) is 0 Å². The molecule has 140 valence electrons. The van der Waals surface area contributed by atoms with Crippen LogP contribution in [0.15, 0.2) is 48.7 Å². The van der Waals surface area contributed by atoms with E-state index in [9.17, 15) is 15.2 Å². The molecule has 2 heterocycles. The summed E-state index contributed by atoms with van der Waals surface area (Å²) >= 11 is 0. The van der Waals surface area contributed by atoms with E-state index in [-0.39, 0.29) is 63.7 Å². The van der Waals surface area contributed by atoms with Crippen LogP contribution in [-0.2, 0) is 4.79 Å².